The lowest BCUT2D eigenvalue weighted by atomic mass is 10.0. The largest absolute Gasteiger partial charge is 0.391 e. The maximum Gasteiger partial charge on any atom is 0.268 e. The van der Waals surface area contributed by atoms with Crippen molar-refractivity contribution >= 4 is 23.2 Å². The molecule has 9 nitrogen and oxygen atoms in total. The average molecular weight is 476 g/mol. The summed E-state index contributed by atoms with van der Waals surface area (Å²) >= 11 is 0. The fraction of sp³-hybridized carbons (Fsp3) is 0.192. The number of anilines is 1. The Bertz CT molecular complexity index is 1130. The number of amides is 2. The summed E-state index contributed by atoms with van der Waals surface area (Å²) in [4.78, 5) is 27.9. The number of hydrogen-bond acceptors (Lipinski definition) is 7. The molecular weight excluding hydrogens is 446 g/mol. The number of hydrogen-bond donors (Lipinski definition) is 6. The van der Waals surface area contributed by atoms with Gasteiger partial charge in [-0.1, -0.05) is 43.0 Å². The van der Waals surface area contributed by atoms with Crippen LogP contribution in [0.4, 0.5) is 5.69 Å². The van der Waals surface area contributed by atoms with Gasteiger partial charge in [-0.25, -0.2) is 5.48 Å². The molecule has 1 heterocycles. The van der Waals surface area contributed by atoms with Crippen LogP contribution < -0.4 is 21.4 Å². The predicted molar refractivity (Wildman–Crippen MR) is 134 cm³/mol. The predicted octanol–water partition coefficient (Wildman–Crippen LogP) is 2.29. The number of benzene rings is 2. The van der Waals surface area contributed by atoms with Crippen LogP contribution in [0.2, 0.25) is 0 Å². The maximum atomic E-state index is 12.2. The molecule has 182 valence electrons. The Morgan fingerprint density at radius 3 is 2.14 bits per heavy atom. The lowest BCUT2D eigenvalue weighted by Crippen LogP contribution is -2.48. The molecule has 2 aromatic carbocycles. The quantitative estimate of drug-likeness (QED) is 0.185. The molecular formula is C26H29N5O4. The zero-order valence-corrected chi connectivity index (χ0v) is 19.4. The number of aliphatic hydroxyl groups is 1. The molecule has 0 aliphatic carbocycles. The molecule has 35 heavy (non-hydrogen) atoms. The van der Waals surface area contributed by atoms with Crippen LogP contribution >= 0.6 is 0 Å². The third kappa shape index (κ3) is 7.47. The highest BCUT2D eigenvalue weighted by Crippen LogP contribution is 2.23. The molecule has 3 rings (SSSR count). The summed E-state index contributed by atoms with van der Waals surface area (Å²) in [5.41, 5.74) is 6.37. The van der Waals surface area contributed by atoms with Crippen molar-refractivity contribution in [1.29, 1.82) is 0 Å². The minimum atomic E-state index is -1.04. The minimum absolute atomic E-state index is 0.132. The molecule has 0 bridgehead atoms. The van der Waals surface area contributed by atoms with Gasteiger partial charge in [0, 0.05) is 30.3 Å². The molecule has 3 aromatic rings. The minimum Gasteiger partial charge on any atom is -0.391 e. The van der Waals surface area contributed by atoms with Gasteiger partial charge in [-0.3, -0.25) is 19.8 Å². The van der Waals surface area contributed by atoms with Gasteiger partial charge in [0.15, 0.2) is 0 Å². The van der Waals surface area contributed by atoms with Gasteiger partial charge in [0.2, 0.25) is 5.91 Å². The van der Waals surface area contributed by atoms with Crippen LogP contribution in [0.15, 0.2) is 79.6 Å². The van der Waals surface area contributed by atoms with Crippen molar-refractivity contribution in [3.05, 3.63) is 90.8 Å². The van der Waals surface area contributed by atoms with Crippen molar-refractivity contribution in [1.82, 2.24) is 21.1 Å². The second-order valence-corrected chi connectivity index (χ2v) is 7.98. The van der Waals surface area contributed by atoms with Gasteiger partial charge in [0.05, 0.1) is 12.6 Å². The molecule has 2 atom stereocenters. The van der Waals surface area contributed by atoms with Crippen molar-refractivity contribution in [2.45, 2.75) is 25.6 Å². The summed E-state index contributed by atoms with van der Waals surface area (Å²) in [6.07, 6.45) is 2.39. The van der Waals surface area contributed by atoms with Crippen LogP contribution in [0.3, 0.4) is 0 Å². The summed E-state index contributed by atoms with van der Waals surface area (Å²) in [6.45, 7) is 6.13. The Morgan fingerprint density at radius 2 is 1.57 bits per heavy atom. The van der Waals surface area contributed by atoms with Crippen LogP contribution in [0.5, 0.6) is 0 Å². The van der Waals surface area contributed by atoms with E-state index in [1.54, 1.807) is 12.4 Å². The Labute approximate surface area is 203 Å². The van der Waals surface area contributed by atoms with Gasteiger partial charge in [0.25, 0.3) is 5.91 Å². The highest BCUT2D eigenvalue weighted by molar-refractivity contribution is 5.92. The van der Waals surface area contributed by atoms with Gasteiger partial charge in [0.1, 0.15) is 6.04 Å². The second kappa shape index (κ2) is 12.4. The Hall–Kier alpha value is -4.05. The normalized spacial score (nSPS) is 12.3. The summed E-state index contributed by atoms with van der Waals surface area (Å²) in [5.74, 6) is -0.887. The molecule has 0 spiro atoms. The average Bonchev–Trinajstić information content (AvgIpc) is 2.87. The Morgan fingerprint density at radius 1 is 0.971 bits per heavy atom. The topological polar surface area (TPSA) is 136 Å². The van der Waals surface area contributed by atoms with Crippen molar-refractivity contribution in [3.8, 4) is 11.1 Å². The molecule has 0 radical (unpaired) electrons. The van der Waals surface area contributed by atoms with E-state index in [9.17, 15) is 14.7 Å². The first-order valence-electron chi connectivity index (χ1n) is 11.0. The Balaban J connectivity index is 1.53. The molecule has 6 N–H and O–H groups in total. The molecule has 0 aliphatic rings. The highest BCUT2D eigenvalue weighted by atomic mass is 16.5. The van der Waals surface area contributed by atoms with Crippen LogP contribution in [0.25, 0.3) is 16.8 Å². The van der Waals surface area contributed by atoms with Crippen molar-refractivity contribution in [3.63, 3.8) is 0 Å². The van der Waals surface area contributed by atoms with Gasteiger partial charge in [-0.2, -0.15) is 0 Å². The molecule has 0 aliphatic heterocycles. The zero-order valence-electron chi connectivity index (χ0n) is 19.4. The standard InChI is InChI=1S/C26H29N5O4/c1-17(29-25(18(2)32)26(34)31-35)20-3-5-21(6-4-20)22-7-9-23(10-8-22)30-24(33)16-28-15-19-11-13-27-14-12-19/h3-14,18,25,28-29,32,35H,1,15-16H2,2H3,(H,30,33)(H,31,34)/t18-,25?/m1/s1. The van der Waals surface area contributed by atoms with E-state index in [0.717, 1.165) is 22.3 Å². The van der Waals surface area contributed by atoms with Crippen molar-refractivity contribution in [2.24, 2.45) is 0 Å². The second-order valence-electron chi connectivity index (χ2n) is 7.98. The first kappa shape index (κ1) is 25.6. The van der Waals surface area contributed by atoms with E-state index < -0.39 is 18.1 Å². The lowest BCUT2D eigenvalue weighted by molar-refractivity contribution is -0.133. The molecule has 2 amide bonds. The van der Waals surface area contributed by atoms with Crippen LogP contribution in [-0.4, -0.2) is 45.8 Å². The number of rotatable bonds is 11. The van der Waals surface area contributed by atoms with E-state index in [4.69, 9.17) is 5.21 Å². The molecule has 1 unspecified atom stereocenters. The van der Waals surface area contributed by atoms with Gasteiger partial charge < -0.3 is 21.1 Å². The third-order valence-electron chi connectivity index (χ3n) is 5.30. The van der Waals surface area contributed by atoms with E-state index in [2.05, 4.69) is 27.5 Å². The fourth-order valence-electron chi connectivity index (χ4n) is 3.38. The SMILES string of the molecule is C=C(NC(C(=O)NO)[C@@H](C)O)c1ccc(-c2ccc(NC(=O)CNCc3ccncc3)cc2)cc1. The zero-order chi connectivity index (χ0) is 25.2. The summed E-state index contributed by atoms with van der Waals surface area (Å²) in [7, 11) is 0. The van der Waals surface area contributed by atoms with Crippen LogP contribution in [0, 0.1) is 0 Å². The van der Waals surface area contributed by atoms with E-state index in [1.807, 2.05) is 60.7 Å². The van der Waals surface area contributed by atoms with Crippen LogP contribution in [-0.2, 0) is 16.1 Å². The van der Waals surface area contributed by atoms with E-state index in [1.165, 1.54) is 12.4 Å². The summed E-state index contributed by atoms with van der Waals surface area (Å²) < 4.78 is 0. The van der Waals surface area contributed by atoms with E-state index in [0.29, 0.717) is 17.9 Å². The first-order chi connectivity index (χ1) is 16.9. The molecule has 9 heteroatoms. The number of nitrogens with one attached hydrogen (secondary N) is 4. The van der Waals surface area contributed by atoms with Crippen molar-refractivity contribution in [2.75, 3.05) is 11.9 Å². The fourth-order valence-corrected chi connectivity index (χ4v) is 3.38. The molecule has 0 saturated heterocycles. The maximum absolute atomic E-state index is 12.2. The number of aliphatic hydroxyl groups excluding tert-OH is 1. The first-order valence-corrected chi connectivity index (χ1v) is 11.0. The molecule has 1 aromatic heterocycles. The van der Waals surface area contributed by atoms with Crippen LogP contribution in [0.1, 0.15) is 18.1 Å². The van der Waals surface area contributed by atoms with Gasteiger partial charge in [-0.15, -0.1) is 0 Å². The number of nitrogens with zero attached hydrogens (tertiary/aromatic N) is 1. The van der Waals surface area contributed by atoms with Gasteiger partial charge in [-0.05, 0) is 53.4 Å². The number of carbonyl (C=O) groups excluding carboxylic acids is 2. The smallest absolute Gasteiger partial charge is 0.268 e. The third-order valence-corrected chi connectivity index (χ3v) is 5.30. The highest BCUT2D eigenvalue weighted by Gasteiger charge is 2.23. The summed E-state index contributed by atoms with van der Waals surface area (Å²) in [6, 6.07) is 17.7. The van der Waals surface area contributed by atoms with E-state index in [-0.39, 0.29) is 12.5 Å². The monoisotopic (exact) mass is 475 g/mol. The van der Waals surface area contributed by atoms with Crippen molar-refractivity contribution < 1.29 is 19.9 Å². The lowest BCUT2D eigenvalue weighted by Gasteiger charge is -2.22. The molecule has 0 saturated carbocycles. The van der Waals surface area contributed by atoms with E-state index >= 15 is 0 Å². The number of pyridine rings is 1. The number of carbonyl (C=O) groups is 2. The number of hydroxylamine groups is 1. The van der Waals surface area contributed by atoms with Gasteiger partial charge >= 0.3 is 0 Å². The summed E-state index contributed by atoms with van der Waals surface area (Å²) in [5, 5.41) is 27.4. The molecule has 0 fully saturated rings. The number of aromatic nitrogens is 1. The Kier molecular flexibility index (Phi) is 9.08.